The summed E-state index contributed by atoms with van der Waals surface area (Å²) in [5.74, 6) is 1.86. The fourth-order valence-electron chi connectivity index (χ4n) is 3.04. The van der Waals surface area contributed by atoms with Crippen molar-refractivity contribution in [2.24, 2.45) is 11.8 Å². The van der Waals surface area contributed by atoms with Crippen LogP contribution in [-0.2, 0) is 11.2 Å². The molecule has 1 rings (SSSR count). The van der Waals surface area contributed by atoms with Gasteiger partial charge in [0, 0.05) is 6.42 Å². The number of allylic oxidation sites excluding steroid dienone is 2. The molecule has 0 radical (unpaired) electrons. The summed E-state index contributed by atoms with van der Waals surface area (Å²) in [4.78, 5) is 14.6. The highest BCUT2D eigenvalue weighted by Crippen LogP contribution is 2.17. The van der Waals surface area contributed by atoms with Gasteiger partial charge in [0.1, 0.15) is 5.75 Å². The summed E-state index contributed by atoms with van der Waals surface area (Å²) in [5.41, 5.74) is 1.07. The number of Topliss-reactive ketones (excluding diaryl/α,β-unsaturated/α-hetero) is 1. The molecule has 1 N–H and O–H groups in total. The van der Waals surface area contributed by atoms with Gasteiger partial charge in [-0.05, 0) is 62.9 Å². The summed E-state index contributed by atoms with van der Waals surface area (Å²) in [6, 6.07) is 7.00. The van der Waals surface area contributed by atoms with E-state index in [1.54, 1.807) is 12.1 Å². The number of benzene rings is 1. The van der Waals surface area contributed by atoms with Gasteiger partial charge in [-0.1, -0.05) is 51.5 Å². The average Bonchev–Trinajstić information content (AvgIpc) is 2.57. The summed E-state index contributed by atoms with van der Waals surface area (Å²) in [5, 5.41) is 9.38. The van der Waals surface area contributed by atoms with Crippen molar-refractivity contribution >= 4 is 5.78 Å². The highest BCUT2D eigenvalue weighted by molar-refractivity contribution is 5.84. The summed E-state index contributed by atoms with van der Waals surface area (Å²) in [6.45, 7) is 6.77. The van der Waals surface area contributed by atoms with Gasteiger partial charge in [0.25, 0.3) is 0 Å². The van der Waals surface area contributed by atoms with Crippen LogP contribution in [0.1, 0.15) is 52.0 Å². The second kappa shape index (κ2) is 11.1. The highest BCUT2D eigenvalue weighted by atomic mass is 16.3. The Morgan fingerprint density at radius 1 is 1.20 bits per heavy atom. The van der Waals surface area contributed by atoms with Gasteiger partial charge in [0.05, 0.1) is 6.04 Å². The average molecular weight is 346 g/mol. The second-order valence-electron chi connectivity index (χ2n) is 7.51. The number of likely N-dealkylation sites (N-methyl/N-ethyl adjacent to an activating group) is 1. The lowest BCUT2D eigenvalue weighted by Gasteiger charge is -2.23. The van der Waals surface area contributed by atoms with Crippen LogP contribution in [0.15, 0.2) is 36.4 Å². The third-order valence-electron chi connectivity index (χ3n) is 4.85. The predicted octanol–water partition coefficient (Wildman–Crippen LogP) is 4.84. The largest absolute Gasteiger partial charge is 0.508 e. The van der Waals surface area contributed by atoms with E-state index >= 15 is 0 Å². The van der Waals surface area contributed by atoms with Crippen LogP contribution in [0, 0.1) is 11.8 Å². The minimum atomic E-state index is -0.115. The zero-order valence-electron chi connectivity index (χ0n) is 16.5. The van der Waals surface area contributed by atoms with E-state index in [9.17, 15) is 9.90 Å². The van der Waals surface area contributed by atoms with Gasteiger partial charge in [-0.2, -0.15) is 0 Å². The van der Waals surface area contributed by atoms with Crippen molar-refractivity contribution in [3.63, 3.8) is 0 Å². The van der Waals surface area contributed by atoms with Crippen molar-refractivity contribution in [3.05, 3.63) is 42.0 Å². The number of carbonyl (C=O) groups excluding carboxylic acids is 1. The lowest BCUT2D eigenvalue weighted by molar-refractivity contribution is -0.123. The Labute approximate surface area is 153 Å². The standard InChI is InChI=1S/C22H35NO2/c1-6-17(2)15-18(3)9-7-8-10-22(25)21(23(4)5)16-19-11-13-20(24)14-12-19/h7,9,11-14,17-18,21,24H,6,8,10,15-16H2,1-5H3. The van der Waals surface area contributed by atoms with Crippen molar-refractivity contribution in [1.82, 2.24) is 4.90 Å². The maximum absolute atomic E-state index is 12.6. The Hall–Kier alpha value is -1.61. The van der Waals surface area contributed by atoms with Gasteiger partial charge in [0.15, 0.2) is 5.78 Å². The Morgan fingerprint density at radius 2 is 1.84 bits per heavy atom. The minimum Gasteiger partial charge on any atom is -0.508 e. The number of hydrogen-bond donors (Lipinski definition) is 1. The molecular formula is C22H35NO2. The number of aromatic hydroxyl groups is 1. The van der Waals surface area contributed by atoms with E-state index in [4.69, 9.17) is 0 Å². The molecule has 0 bridgehead atoms. The van der Waals surface area contributed by atoms with Crippen molar-refractivity contribution in [1.29, 1.82) is 0 Å². The highest BCUT2D eigenvalue weighted by Gasteiger charge is 2.20. The molecule has 0 saturated heterocycles. The molecule has 0 spiro atoms. The number of ketones is 1. The third-order valence-corrected chi connectivity index (χ3v) is 4.85. The van der Waals surface area contributed by atoms with Gasteiger partial charge in [-0.25, -0.2) is 0 Å². The van der Waals surface area contributed by atoms with Gasteiger partial charge >= 0.3 is 0 Å². The predicted molar refractivity (Wildman–Crippen MR) is 106 cm³/mol. The van der Waals surface area contributed by atoms with Crippen molar-refractivity contribution in [2.75, 3.05) is 14.1 Å². The van der Waals surface area contributed by atoms with E-state index in [1.807, 2.05) is 31.1 Å². The molecule has 0 amide bonds. The van der Waals surface area contributed by atoms with Crippen LogP contribution < -0.4 is 0 Å². The molecular weight excluding hydrogens is 310 g/mol. The van der Waals surface area contributed by atoms with Crippen LogP contribution >= 0.6 is 0 Å². The maximum atomic E-state index is 12.6. The molecule has 3 heteroatoms. The Morgan fingerprint density at radius 3 is 2.40 bits per heavy atom. The molecule has 25 heavy (non-hydrogen) atoms. The molecule has 0 saturated carbocycles. The molecule has 0 aromatic heterocycles. The molecule has 0 aliphatic heterocycles. The molecule has 0 fully saturated rings. The van der Waals surface area contributed by atoms with E-state index in [0.717, 1.165) is 17.9 Å². The molecule has 3 nitrogen and oxygen atoms in total. The van der Waals surface area contributed by atoms with E-state index in [2.05, 4.69) is 32.9 Å². The van der Waals surface area contributed by atoms with E-state index in [0.29, 0.717) is 18.8 Å². The Kier molecular flexibility index (Phi) is 9.51. The summed E-state index contributed by atoms with van der Waals surface area (Å²) in [7, 11) is 3.90. The fourth-order valence-corrected chi connectivity index (χ4v) is 3.04. The van der Waals surface area contributed by atoms with Crippen LogP contribution in [-0.4, -0.2) is 35.9 Å². The summed E-state index contributed by atoms with van der Waals surface area (Å²) < 4.78 is 0. The zero-order chi connectivity index (χ0) is 18.8. The lowest BCUT2D eigenvalue weighted by atomic mass is 9.94. The number of phenolic OH excluding ortho intramolecular Hbond substituents is 1. The number of nitrogens with zero attached hydrogens (tertiary/aromatic N) is 1. The quantitative estimate of drug-likeness (QED) is 0.583. The number of rotatable bonds is 11. The second-order valence-corrected chi connectivity index (χ2v) is 7.51. The monoisotopic (exact) mass is 345 g/mol. The molecule has 0 aliphatic carbocycles. The van der Waals surface area contributed by atoms with Crippen LogP contribution in [0.3, 0.4) is 0 Å². The van der Waals surface area contributed by atoms with Crippen LogP contribution in [0.25, 0.3) is 0 Å². The first-order valence-corrected chi connectivity index (χ1v) is 9.47. The smallest absolute Gasteiger partial charge is 0.150 e. The number of carbonyl (C=O) groups is 1. The summed E-state index contributed by atoms with van der Waals surface area (Å²) in [6.07, 6.45) is 8.92. The van der Waals surface area contributed by atoms with Gasteiger partial charge in [0.2, 0.25) is 0 Å². The van der Waals surface area contributed by atoms with Gasteiger partial charge < -0.3 is 5.11 Å². The van der Waals surface area contributed by atoms with E-state index < -0.39 is 0 Å². The summed E-state index contributed by atoms with van der Waals surface area (Å²) >= 11 is 0. The van der Waals surface area contributed by atoms with Crippen molar-refractivity contribution in [3.8, 4) is 5.75 Å². The number of phenols is 1. The van der Waals surface area contributed by atoms with E-state index in [1.165, 1.54) is 12.8 Å². The van der Waals surface area contributed by atoms with Gasteiger partial charge in [-0.15, -0.1) is 0 Å². The van der Waals surface area contributed by atoms with Crippen LogP contribution in [0.5, 0.6) is 5.75 Å². The van der Waals surface area contributed by atoms with Crippen LogP contribution in [0.2, 0.25) is 0 Å². The molecule has 1 aromatic rings. The maximum Gasteiger partial charge on any atom is 0.150 e. The van der Waals surface area contributed by atoms with Gasteiger partial charge in [-0.3, -0.25) is 9.69 Å². The first-order chi connectivity index (χ1) is 11.8. The minimum absolute atomic E-state index is 0.115. The molecule has 1 aromatic carbocycles. The molecule has 3 unspecified atom stereocenters. The Bertz CT molecular complexity index is 533. The van der Waals surface area contributed by atoms with Crippen LogP contribution in [0.4, 0.5) is 0 Å². The zero-order valence-corrected chi connectivity index (χ0v) is 16.5. The third kappa shape index (κ3) is 8.35. The number of hydrogen-bond acceptors (Lipinski definition) is 3. The first kappa shape index (κ1) is 21.4. The van der Waals surface area contributed by atoms with Crippen molar-refractivity contribution < 1.29 is 9.90 Å². The Balaban J connectivity index is 2.50. The molecule has 3 atom stereocenters. The molecule has 140 valence electrons. The molecule has 0 aliphatic rings. The lowest BCUT2D eigenvalue weighted by Crippen LogP contribution is -2.37. The van der Waals surface area contributed by atoms with Crippen molar-refractivity contribution in [2.45, 2.75) is 58.9 Å². The van der Waals surface area contributed by atoms with E-state index in [-0.39, 0.29) is 17.6 Å². The fraction of sp³-hybridized carbons (Fsp3) is 0.591. The topological polar surface area (TPSA) is 40.5 Å². The molecule has 0 heterocycles. The SMILES string of the molecule is CCC(C)CC(C)C=CCCC(=O)C(Cc1ccc(O)cc1)N(C)C. The first-order valence-electron chi connectivity index (χ1n) is 9.47. The normalized spacial score (nSPS) is 15.4.